The molecule has 1 aromatic heterocycles. The Bertz CT molecular complexity index is 462. The fraction of sp³-hybridized carbons (Fsp3) is 0.714. The van der Waals surface area contributed by atoms with Crippen molar-refractivity contribution in [3.8, 4) is 0 Å². The summed E-state index contributed by atoms with van der Waals surface area (Å²) in [4.78, 5) is 4.19. The molecule has 0 amide bonds. The van der Waals surface area contributed by atoms with Gasteiger partial charge in [0.05, 0.1) is 25.5 Å². The van der Waals surface area contributed by atoms with Crippen LogP contribution in [-0.2, 0) is 23.1 Å². The summed E-state index contributed by atoms with van der Waals surface area (Å²) >= 11 is 0. The Labute approximate surface area is 149 Å². The minimum absolute atomic E-state index is 0. The van der Waals surface area contributed by atoms with E-state index in [1.54, 1.807) is 14.2 Å². The molecule has 0 fully saturated rings. The van der Waals surface area contributed by atoms with Crippen molar-refractivity contribution in [2.45, 2.75) is 20.4 Å². The Balaban J connectivity index is 0.00000441. The highest BCUT2D eigenvalue weighted by molar-refractivity contribution is 14.0. The molecule has 7 nitrogen and oxygen atoms in total. The van der Waals surface area contributed by atoms with E-state index in [2.05, 4.69) is 27.6 Å². The summed E-state index contributed by atoms with van der Waals surface area (Å²) in [5.74, 6) is 0.757. The van der Waals surface area contributed by atoms with Gasteiger partial charge in [0.2, 0.25) is 0 Å². The van der Waals surface area contributed by atoms with Crippen molar-refractivity contribution in [2.24, 2.45) is 12.0 Å². The van der Waals surface area contributed by atoms with Gasteiger partial charge in [-0.1, -0.05) is 0 Å². The normalized spacial score (nSPS) is 11.2. The lowest BCUT2D eigenvalue weighted by molar-refractivity contribution is 0.0733. The maximum atomic E-state index is 5.39. The van der Waals surface area contributed by atoms with Gasteiger partial charge in [0.25, 0.3) is 0 Å². The van der Waals surface area contributed by atoms with Crippen LogP contribution in [0.15, 0.2) is 4.99 Å². The monoisotopic (exact) mass is 425 g/mol. The average molecular weight is 425 g/mol. The SMILES string of the molecule is CN=C(NCCOCCOC)NCc1c(C)nn(C)c1C.I. The molecular weight excluding hydrogens is 397 g/mol. The second kappa shape index (κ2) is 11.7. The van der Waals surface area contributed by atoms with E-state index in [0.717, 1.165) is 11.7 Å². The fourth-order valence-corrected chi connectivity index (χ4v) is 1.95. The summed E-state index contributed by atoms with van der Waals surface area (Å²) in [5, 5.41) is 10.9. The van der Waals surface area contributed by atoms with Gasteiger partial charge in [0.15, 0.2) is 5.96 Å². The van der Waals surface area contributed by atoms with Crippen molar-refractivity contribution in [1.29, 1.82) is 0 Å². The number of guanidine groups is 1. The van der Waals surface area contributed by atoms with Crippen LogP contribution in [0.4, 0.5) is 0 Å². The molecule has 0 aliphatic carbocycles. The third-order valence-electron chi connectivity index (χ3n) is 3.29. The molecule has 0 radical (unpaired) electrons. The maximum Gasteiger partial charge on any atom is 0.191 e. The number of aryl methyl sites for hydroxylation is 2. The van der Waals surface area contributed by atoms with Crippen LogP contribution in [0.5, 0.6) is 0 Å². The Morgan fingerprint density at radius 3 is 2.50 bits per heavy atom. The number of hydrogen-bond donors (Lipinski definition) is 2. The van der Waals surface area contributed by atoms with Crippen LogP contribution in [0.3, 0.4) is 0 Å². The number of ether oxygens (including phenoxy) is 2. The molecule has 1 heterocycles. The zero-order valence-electron chi connectivity index (χ0n) is 14.1. The van der Waals surface area contributed by atoms with Crippen molar-refractivity contribution in [3.63, 3.8) is 0 Å². The summed E-state index contributed by atoms with van der Waals surface area (Å²) in [6.45, 7) is 7.34. The molecule has 0 unspecified atom stereocenters. The Hall–Kier alpha value is -0.870. The van der Waals surface area contributed by atoms with E-state index in [-0.39, 0.29) is 24.0 Å². The topological polar surface area (TPSA) is 72.7 Å². The third-order valence-corrected chi connectivity index (χ3v) is 3.29. The zero-order valence-corrected chi connectivity index (χ0v) is 16.4. The molecule has 0 aliphatic rings. The summed E-state index contributed by atoms with van der Waals surface area (Å²) < 4.78 is 12.2. The minimum Gasteiger partial charge on any atom is -0.382 e. The smallest absolute Gasteiger partial charge is 0.191 e. The first-order valence-electron chi connectivity index (χ1n) is 7.10. The van der Waals surface area contributed by atoms with Crippen LogP contribution in [0, 0.1) is 13.8 Å². The maximum absolute atomic E-state index is 5.39. The number of hydrogen-bond acceptors (Lipinski definition) is 4. The van der Waals surface area contributed by atoms with Gasteiger partial charge >= 0.3 is 0 Å². The minimum atomic E-state index is 0. The molecule has 0 saturated heterocycles. The molecule has 0 aliphatic heterocycles. The van der Waals surface area contributed by atoms with E-state index in [0.29, 0.717) is 32.9 Å². The lowest BCUT2D eigenvalue weighted by atomic mass is 10.2. The zero-order chi connectivity index (χ0) is 15.7. The van der Waals surface area contributed by atoms with E-state index in [1.807, 2.05) is 18.7 Å². The largest absolute Gasteiger partial charge is 0.382 e. The molecule has 0 spiro atoms. The Morgan fingerprint density at radius 1 is 1.23 bits per heavy atom. The van der Waals surface area contributed by atoms with Crippen LogP contribution in [-0.4, -0.2) is 56.3 Å². The van der Waals surface area contributed by atoms with Crippen LogP contribution in [0.25, 0.3) is 0 Å². The van der Waals surface area contributed by atoms with Gasteiger partial charge in [0.1, 0.15) is 0 Å². The Kier molecular flexibility index (Phi) is 11.2. The van der Waals surface area contributed by atoms with Gasteiger partial charge in [-0.05, 0) is 13.8 Å². The number of aromatic nitrogens is 2. The van der Waals surface area contributed by atoms with Gasteiger partial charge in [-0.15, -0.1) is 24.0 Å². The van der Waals surface area contributed by atoms with Crippen molar-refractivity contribution in [3.05, 3.63) is 17.0 Å². The van der Waals surface area contributed by atoms with Crippen molar-refractivity contribution in [1.82, 2.24) is 20.4 Å². The summed E-state index contributed by atoms with van der Waals surface area (Å²) in [5.41, 5.74) is 3.41. The highest BCUT2D eigenvalue weighted by atomic mass is 127. The lowest BCUT2D eigenvalue weighted by Crippen LogP contribution is -2.38. The second-order valence-corrected chi connectivity index (χ2v) is 4.73. The van der Waals surface area contributed by atoms with Crippen molar-refractivity contribution in [2.75, 3.05) is 40.5 Å². The first-order valence-corrected chi connectivity index (χ1v) is 7.10. The molecule has 22 heavy (non-hydrogen) atoms. The molecule has 0 aromatic carbocycles. The quantitative estimate of drug-likeness (QED) is 0.281. The molecule has 2 N–H and O–H groups in total. The molecule has 1 aromatic rings. The molecule has 0 atom stereocenters. The average Bonchev–Trinajstić information content (AvgIpc) is 2.71. The van der Waals surface area contributed by atoms with Gasteiger partial charge in [0, 0.05) is 45.6 Å². The van der Waals surface area contributed by atoms with E-state index in [1.165, 1.54) is 11.3 Å². The van der Waals surface area contributed by atoms with Crippen LogP contribution >= 0.6 is 24.0 Å². The summed E-state index contributed by atoms with van der Waals surface area (Å²) in [7, 11) is 5.37. The molecule has 8 heteroatoms. The third kappa shape index (κ3) is 6.93. The molecular formula is C14H28IN5O2. The molecule has 0 saturated carbocycles. The number of nitrogens with zero attached hydrogens (tertiary/aromatic N) is 3. The lowest BCUT2D eigenvalue weighted by Gasteiger charge is -2.12. The predicted octanol–water partition coefficient (Wildman–Crippen LogP) is 0.983. The number of nitrogens with one attached hydrogen (secondary N) is 2. The summed E-state index contributed by atoms with van der Waals surface area (Å²) in [6, 6.07) is 0. The first-order chi connectivity index (χ1) is 10.1. The summed E-state index contributed by atoms with van der Waals surface area (Å²) in [6.07, 6.45) is 0. The number of methoxy groups -OCH3 is 1. The second-order valence-electron chi connectivity index (χ2n) is 4.73. The highest BCUT2D eigenvalue weighted by Gasteiger charge is 2.09. The van der Waals surface area contributed by atoms with Gasteiger partial charge in [-0.3, -0.25) is 9.67 Å². The fourth-order valence-electron chi connectivity index (χ4n) is 1.95. The van der Waals surface area contributed by atoms with Gasteiger partial charge in [-0.2, -0.15) is 5.10 Å². The van der Waals surface area contributed by atoms with Crippen molar-refractivity contribution >= 4 is 29.9 Å². The van der Waals surface area contributed by atoms with E-state index in [9.17, 15) is 0 Å². The van der Waals surface area contributed by atoms with Crippen LogP contribution < -0.4 is 10.6 Å². The van der Waals surface area contributed by atoms with E-state index < -0.39 is 0 Å². The molecule has 0 bridgehead atoms. The van der Waals surface area contributed by atoms with Gasteiger partial charge in [-0.25, -0.2) is 0 Å². The highest BCUT2D eigenvalue weighted by Crippen LogP contribution is 2.10. The first kappa shape index (κ1) is 21.1. The standard InChI is InChI=1S/C14H27N5O2.HI/c1-11-13(12(2)19(4)18-11)10-17-14(15-3)16-6-7-21-9-8-20-5;/h6-10H2,1-5H3,(H2,15,16,17);1H. The van der Waals surface area contributed by atoms with Crippen LogP contribution in [0.1, 0.15) is 17.0 Å². The number of rotatable bonds is 8. The van der Waals surface area contributed by atoms with Gasteiger partial charge < -0.3 is 20.1 Å². The van der Waals surface area contributed by atoms with Crippen molar-refractivity contribution < 1.29 is 9.47 Å². The molecule has 128 valence electrons. The number of halogens is 1. The van der Waals surface area contributed by atoms with E-state index in [4.69, 9.17) is 9.47 Å². The Morgan fingerprint density at radius 2 is 1.95 bits per heavy atom. The predicted molar refractivity (Wildman–Crippen MR) is 99.0 cm³/mol. The molecule has 1 rings (SSSR count). The van der Waals surface area contributed by atoms with Crippen LogP contribution in [0.2, 0.25) is 0 Å². The number of aliphatic imine (C=N–C) groups is 1. The van der Waals surface area contributed by atoms with E-state index >= 15 is 0 Å².